The Balaban J connectivity index is 2.11. The number of rotatable bonds is 3. The number of nitrogens with two attached hydrogens (primary N) is 1. The van der Waals surface area contributed by atoms with E-state index in [1.165, 1.54) is 4.68 Å². The second kappa shape index (κ2) is 5.78. The Morgan fingerprint density at radius 3 is 2.96 bits per heavy atom. The summed E-state index contributed by atoms with van der Waals surface area (Å²) in [5, 5.41) is 13.6. The normalized spacial score (nSPS) is 22.9. The van der Waals surface area contributed by atoms with Crippen molar-refractivity contribution in [1.82, 2.24) is 9.78 Å². The standard InChI is InChI=1S/C17H19FN4O2/c1-17(2)5-12(23)15-13(6-17)24-16(20)11(7-19)14(15)10-8-21-22(9-10)4-3-18/h8-9,14H,3-6,20H2,1-2H3. The molecule has 6 nitrogen and oxygen atoms in total. The minimum atomic E-state index is -0.601. The van der Waals surface area contributed by atoms with Gasteiger partial charge in [0.15, 0.2) is 5.78 Å². The van der Waals surface area contributed by atoms with Gasteiger partial charge in [-0.15, -0.1) is 0 Å². The molecule has 3 rings (SSSR count). The van der Waals surface area contributed by atoms with Gasteiger partial charge in [-0.05, 0) is 5.41 Å². The first-order valence-electron chi connectivity index (χ1n) is 7.78. The van der Waals surface area contributed by atoms with Crippen molar-refractivity contribution in [2.45, 2.75) is 39.2 Å². The summed E-state index contributed by atoms with van der Waals surface area (Å²) in [4.78, 5) is 12.7. The summed E-state index contributed by atoms with van der Waals surface area (Å²) < 4.78 is 19.6. The predicted molar refractivity (Wildman–Crippen MR) is 83.9 cm³/mol. The minimum absolute atomic E-state index is 0.0185. The third-order valence-corrected chi connectivity index (χ3v) is 4.38. The molecular weight excluding hydrogens is 311 g/mol. The molecule has 1 atom stereocenters. The van der Waals surface area contributed by atoms with Crippen molar-refractivity contribution in [3.8, 4) is 6.07 Å². The predicted octanol–water partition coefficient (Wildman–Crippen LogP) is 2.30. The van der Waals surface area contributed by atoms with Crippen LogP contribution in [0.3, 0.4) is 0 Å². The van der Waals surface area contributed by atoms with E-state index in [9.17, 15) is 14.4 Å². The Hall–Kier alpha value is -2.62. The van der Waals surface area contributed by atoms with Crippen LogP contribution in [0.1, 0.15) is 38.2 Å². The van der Waals surface area contributed by atoms with Crippen molar-refractivity contribution in [1.29, 1.82) is 5.26 Å². The van der Waals surface area contributed by atoms with Gasteiger partial charge in [-0.1, -0.05) is 13.8 Å². The number of alkyl halides is 1. The molecule has 0 radical (unpaired) electrons. The van der Waals surface area contributed by atoms with Gasteiger partial charge in [0.25, 0.3) is 0 Å². The number of nitrogens with zero attached hydrogens (tertiary/aromatic N) is 3. The van der Waals surface area contributed by atoms with Gasteiger partial charge in [0, 0.05) is 30.2 Å². The summed E-state index contributed by atoms with van der Waals surface area (Å²) in [5.41, 5.74) is 7.02. The van der Waals surface area contributed by atoms with Crippen LogP contribution in [0.5, 0.6) is 0 Å². The number of allylic oxidation sites excluding steroid dienone is 3. The van der Waals surface area contributed by atoms with Crippen molar-refractivity contribution in [2.24, 2.45) is 11.1 Å². The van der Waals surface area contributed by atoms with E-state index in [-0.39, 0.29) is 29.2 Å². The number of nitriles is 1. The van der Waals surface area contributed by atoms with E-state index in [2.05, 4.69) is 5.10 Å². The number of halogens is 1. The van der Waals surface area contributed by atoms with Crippen LogP contribution < -0.4 is 5.73 Å². The highest BCUT2D eigenvalue weighted by atomic mass is 19.1. The summed E-state index contributed by atoms with van der Waals surface area (Å²) in [6, 6.07) is 2.05. The van der Waals surface area contributed by atoms with E-state index in [0.29, 0.717) is 29.7 Å². The Labute approximate surface area is 139 Å². The molecule has 1 aromatic rings. The van der Waals surface area contributed by atoms with Crippen LogP contribution in [-0.2, 0) is 16.1 Å². The van der Waals surface area contributed by atoms with Crippen LogP contribution in [0.4, 0.5) is 4.39 Å². The van der Waals surface area contributed by atoms with Gasteiger partial charge in [-0.25, -0.2) is 4.39 Å². The first-order valence-corrected chi connectivity index (χ1v) is 7.78. The number of carbonyl (C=O) groups is 1. The van der Waals surface area contributed by atoms with Gasteiger partial charge >= 0.3 is 0 Å². The molecule has 2 heterocycles. The zero-order chi connectivity index (χ0) is 17.5. The number of hydrogen-bond donors (Lipinski definition) is 1. The van der Waals surface area contributed by atoms with Gasteiger partial charge in [-0.2, -0.15) is 10.4 Å². The highest BCUT2D eigenvalue weighted by Crippen LogP contribution is 2.47. The first kappa shape index (κ1) is 16.2. The molecule has 1 aromatic heterocycles. The molecule has 7 heteroatoms. The number of hydrogen-bond acceptors (Lipinski definition) is 5. The molecule has 0 fully saturated rings. The molecule has 0 saturated heterocycles. The number of ether oxygens (including phenoxy) is 1. The van der Waals surface area contributed by atoms with E-state index in [1.54, 1.807) is 12.4 Å². The third-order valence-electron chi connectivity index (χ3n) is 4.38. The molecule has 0 aromatic carbocycles. The molecular formula is C17H19FN4O2. The second-order valence-corrected chi connectivity index (χ2v) is 6.93. The van der Waals surface area contributed by atoms with Crippen molar-refractivity contribution < 1.29 is 13.9 Å². The molecule has 1 unspecified atom stereocenters. The number of carbonyl (C=O) groups excluding carboxylic acids is 1. The summed E-state index contributed by atoms with van der Waals surface area (Å²) in [5.74, 6) is -0.110. The molecule has 0 amide bonds. The summed E-state index contributed by atoms with van der Waals surface area (Å²) in [6.07, 6.45) is 4.15. The van der Waals surface area contributed by atoms with E-state index in [4.69, 9.17) is 10.5 Å². The van der Waals surface area contributed by atoms with E-state index in [1.807, 2.05) is 19.9 Å². The topological polar surface area (TPSA) is 93.9 Å². The quantitative estimate of drug-likeness (QED) is 0.918. The molecule has 0 saturated carbocycles. The maximum absolute atomic E-state index is 12.7. The Morgan fingerprint density at radius 1 is 1.54 bits per heavy atom. The molecule has 0 spiro atoms. The number of Topliss-reactive ketones (excluding diaryl/α,β-unsaturated/α-hetero) is 1. The number of aromatic nitrogens is 2. The maximum Gasteiger partial charge on any atom is 0.205 e. The first-order chi connectivity index (χ1) is 11.4. The maximum atomic E-state index is 12.7. The van der Waals surface area contributed by atoms with Crippen molar-refractivity contribution in [3.05, 3.63) is 40.7 Å². The second-order valence-electron chi connectivity index (χ2n) is 6.93. The van der Waals surface area contributed by atoms with Crippen LogP contribution >= 0.6 is 0 Å². The monoisotopic (exact) mass is 330 g/mol. The lowest BCUT2D eigenvalue weighted by molar-refractivity contribution is -0.119. The summed E-state index contributed by atoms with van der Waals surface area (Å²) >= 11 is 0. The molecule has 2 N–H and O–H groups in total. The number of aryl methyl sites for hydroxylation is 1. The zero-order valence-corrected chi connectivity index (χ0v) is 13.7. The van der Waals surface area contributed by atoms with Gasteiger partial charge in [0.1, 0.15) is 24.1 Å². The SMILES string of the molecule is CC1(C)CC(=O)C2=C(C1)OC(N)=C(C#N)C2c1cnn(CCF)c1. The molecule has 24 heavy (non-hydrogen) atoms. The molecule has 0 bridgehead atoms. The lowest BCUT2D eigenvalue weighted by atomic mass is 9.70. The van der Waals surface area contributed by atoms with Crippen LogP contribution in [-0.4, -0.2) is 22.2 Å². The largest absolute Gasteiger partial charge is 0.444 e. The fourth-order valence-corrected chi connectivity index (χ4v) is 3.36. The highest BCUT2D eigenvalue weighted by molar-refractivity contribution is 6.00. The Bertz CT molecular complexity index is 798. The van der Waals surface area contributed by atoms with Gasteiger partial charge in [0.05, 0.1) is 18.7 Å². The fourth-order valence-electron chi connectivity index (χ4n) is 3.36. The average molecular weight is 330 g/mol. The van der Waals surface area contributed by atoms with Crippen molar-refractivity contribution in [3.63, 3.8) is 0 Å². The van der Waals surface area contributed by atoms with Gasteiger partial charge in [0.2, 0.25) is 5.88 Å². The van der Waals surface area contributed by atoms with Crippen LogP contribution in [0.2, 0.25) is 0 Å². The average Bonchev–Trinajstić information content (AvgIpc) is 2.93. The lowest BCUT2D eigenvalue weighted by Crippen LogP contribution is -2.33. The van der Waals surface area contributed by atoms with E-state index >= 15 is 0 Å². The molecule has 2 aliphatic rings. The lowest BCUT2D eigenvalue weighted by Gasteiger charge is -2.36. The molecule has 126 valence electrons. The van der Waals surface area contributed by atoms with Gasteiger partial charge < -0.3 is 10.5 Å². The van der Waals surface area contributed by atoms with Crippen LogP contribution in [0, 0.1) is 16.7 Å². The Morgan fingerprint density at radius 2 is 2.29 bits per heavy atom. The van der Waals surface area contributed by atoms with Crippen molar-refractivity contribution >= 4 is 5.78 Å². The summed E-state index contributed by atoms with van der Waals surface area (Å²) in [6.45, 7) is 3.56. The van der Waals surface area contributed by atoms with Gasteiger partial charge in [-0.3, -0.25) is 9.48 Å². The third kappa shape index (κ3) is 2.68. The molecule has 1 aliphatic carbocycles. The smallest absolute Gasteiger partial charge is 0.205 e. The number of ketones is 1. The fraction of sp³-hybridized carbons (Fsp3) is 0.471. The highest BCUT2D eigenvalue weighted by Gasteiger charge is 2.43. The van der Waals surface area contributed by atoms with Crippen LogP contribution in [0.15, 0.2) is 35.2 Å². The van der Waals surface area contributed by atoms with E-state index in [0.717, 1.165) is 0 Å². The van der Waals surface area contributed by atoms with Crippen LogP contribution in [0.25, 0.3) is 0 Å². The summed E-state index contributed by atoms with van der Waals surface area (Å²) in [7, 11) is 0. The molecule has 1 aliphatic heterocycles. The zero-order valence-electron chi connectivity index (χ0n) is 13.7. The van der Waals surface area contributed by atoms with E-state index < -0.39 is 12.6 Å². The Kier molecular flexibility index (Phi) is 3.91. The minimum Gasteiger partial charge on any atom is -0.444 e. The van der Waals surface area contributed by atoms with Crippen molar-refractivity contribution in [2.75, 3.05) is 6.67 Å².